The van der Waals surface area contributed by atoms with Crippen LogP contribution in [0.5, 0.6) is 0 Å². The summed E-state index contributed by atoms with van der Waals surface area (Å²) in [5, 5.41) is 6.18. The number of likely N-dealkylation sites (N-methyl/N-ethyl adjacent to an activating group) is 2. The van der Waals surface area contributed by atoms with Gasteiger partial charge in [0.2, 0.25) is 5.54 Å². The fourth-order valence-corrected chi connectivity index (χ4v) is 5.80. The third kappa shape index (κ3) is 2.99. The number of carbonyl (C=O) groups is 2. The zero-order valence-electron chi connectivity index (χ0n) is 18.2. The van der Waals surface area contributed by atoms with Crippen LogP contribution in [0.25, 0.3) is 0 Å². The van der Waals surface area contributed by atoms with Gasteiger partial charge in [-0.1, -0.05) is 49.7 Å². The first-order valence-corrected chi connectivity index (χ1v) is 11.0. The van der Waals surface area contributed by atoms with Gasteiger partial charge in [0.15, 0.2) is 12.2 Å². The maximum Gasteiger partial charge on any atom is 0.295 e. The van der Waals surface area contributed by atoms with Crippen molar-refractivity contribution in [2.24, 2.45) is 0 Å². The lowest BCUT2D eigenvalue weighted by molar-refractivity contribution is -0.953. The van der Waals surface area contributed by atoms with E-state index in [4.69, 9.17) is 11.6 Å². The Morgan fingerprint density at radius 2 is 1.97 bits per heavy atom. The van der Waals surface area contributed by atoms with Gasteiger partial charge in [-0.25, -0.2) is 4.39 Å². The molecule has 0 aliphatic carbocycles. The van der Waals surface area contributed by atoms with E-state index >= 15 is 0 Å². The first-order chi connectivity index (χ1) is 14.7. The molecule has 5 nitrogen and oxygen atoms in total. The molecule has 2 aromatic carbocycles. The Kier molecular flexibility index (Phi) is 5.34. The fourth-order valence-electron chi connectivity index (χ4n) is 5.63. The number of likely N-dealkylation sites (tertiary alicyclic amines) is 1. The van der Waals surface area contributed by atoms with Gasteiger partial charge in [-0.3, -0.25) is 14.1 Å². The summed E-state index contributed by atoms with van der Waals surface area (Å²) in [6, 6.07) is 12.3. The molecule has 0 radical (unpaired) electrons. The van der Waals surface area contributed by atoms with Gasteiger partial charge < -0.3 is 10.6 Å². The minimum Gasteiger partial charge on any atom is -0.354 e. The van der Waals surface area contributed by atoms with Gasteiger partial charge in [-0.2, -0.15) is 0 Å². The van der Waals surface area contributed by atoms with E-state index in [1.807, 2.05) is 31.3 Å². The second-order valence-corrected chi connectivity index (χ2v) is 9.45. The molecule has 31 heavy (non-hydrogen) atoms. The monoisotopic (exact) mass is 444 g/mol. The first kappa shape index (κ1) is 21.8. The lowest BCUT2D eigenvalue weighted by Gasteiger charge is -2.49. The van der Waals surface area contributed by atoms with Crippen LogP contribution in [0, 0.1) is 0 Å². The van der Waals surface area contributed by atoms with E-state index in [9.17, 15) is 14.0 Å². The van der Waals surface area contributed by atoms with Gasteiger partial charge in [0, 0.05) is 24.1 Å². The molecule has 2 unspecified atom stereocenters. The molecule has 2 amide bonds. The summed E-state index contributed by atoms with van der Waals surface area (Å²) >= 11 is 6.40. The average molecular weight is 445 g/mol. The van der Waals surface area contributed by atoms with Gasteiger partial charge in [-0.05, 0) is 29.7 Å². The second kappa shape index (κ2) is 7.61. The third-order valence-corrected chi connectivity index (χ3v) is 7.22. The number of nitrogens with one attached hydrogen (secondary N) is 2. The summed E-state index contributed by atoms with van der Waals surface area (Å²) in [6.07, 6.45) is -1.14. The molecule has 2 aliphatic heterocycles. The number of amides is 2. The van der Waals surface area contributed by atoms with E-state index in [0.717, 1.165) is 11.1 Å². The van der Waals surface area contributed by atoms with Crippen molar-refractivity contribution in [1.29, 1.82) is 0 Å². The number of fused-ring (bicyclic) bond motifs is 1. The topological polar surface area (TPSA) is 58.2 Å². The molecule has 2 aliphatic rings. The van der Waals surface area contributed by atoms with Gasteiger partial charge in [0.25, 0.3) is 11.8 Å². The molecule has 0 saturated carbocycles. The molecule has 164 valence electrons. The summed E-state index contributed by atoms with van der Waals surface area (Å²) in [4.78, 5) is 26.9. The van der Waals surface area contributed by atoms with E-state index in [-0.39, 0.29) is 35.2 Å². The average Bonchev–Trinajstić information content (AvgIpc) is 3.20. The van der Waals surface area contributed by atoms with Crippen LogP contribution in [-0.4, -0.2) is 49.2 Å². The van der Waals surface area contributed by atoms with Gasteiger partial charge in [0.1, 0.15) is 6.54 Å². The Morgan fingerprint density at radius 3 is 2.65 bits per heavy atom. The molecule has 2 aromatic rings. The molecule has 7 heteroatoms. The summed E-state index contributed by atoms with van der Waals surface area (Å²) in [5.74, 6) is -0.409. The lowest BCUT2D eigenvalue weighted by Crippen LogP contribution is -2.68. The third-order valence-electron chi connectivity index (χ3n) is 6.98. The smallest absolute Gasteiger partial charge is 0.295 e. The zero-order chi connectivity index (χ0) is 22.6. The van der Waals surface area contributed by atoms with E-state index in [1.54, 1.807) is 25.2 Å². The quantitative estimate of drug-likeness (QED) is 0.701. The van der Waals surface area contributed by atoms with E-state index < -0.39 is 17.8 Å². The highest BCUT2D eigenvalue weighted by atomic mass is 35.5. The highest BCUT2D eigenvalue weighted by Crippen LogP contribution is 2.54. The summed E-state index contributed by atoms with van der Waals surface area (Å²) in [5.41, 5.74) is 1.80. The van der Waals surface area contributed by atoms with E-state index in [1.165, 1.54) is 0 Å². The first-order valence-electron chi connectivity index (χ1n) is 10.6. The minimum absolute atomic E-state index is 0.0455. The van der Waals surface area contributed by atoms with Crippen LogP contribution in [0.3, 0.4) is 0 Å². The molecule has 4 rings (SSSR count). The summed E-state index contributed by atoms with van der Waals surface area (Å²) in [7, 11) is 3.37. The number of hydrogen-bond donors (Lipinski definition) is 2. The molecule has 4 atom stereocenters. The normalized spacial score (nSPS) is 29.7. The number of carbonyl (C=O) groups excluding carboxylic acids is 2. The van der Waals surface area contributed by atoms with Gasteiger partial charge in [-0.15, -0.1) is 0 Å². The summed E-state index contributed by atoms with van der Waals surface area (Å²) < 4.78 is 14.9. The van der Waals surface area contributed by atoms with Crippen LogP contribution < -0.4 is 10.6 Å². The SMILES string of the molecule is CNC(=O)[C@@H]1C[C@@H](F)C[N+]1(C)C1(c2ccccc2C(C)C)C(=O)Nc2ccc(Cl)cc21. The summed E-state index contributed by atoms with van der Waals surface area (Å²) in [6.45, 7) is 4.18. The van der Waals surface area contributed by atoms with Crippen LogP contribution in [0.4, 0.5) is 10.1 Å². The largest absolute Gasteiger partial charge is 0.354 e. The van der Waals surface area contributed by atoms with Crippen molar-refractivity contribution in [2.45, 2.75) is 43.9 Å². The van der Waals surface area contributed by atoms with Crippen LogP contribution in [0.1, 0.15) is 42.9 Å². The number of hydrogen-bond acceptors (Lipinski definition) is 2. The Bertz CT molecular complexity index is 1060. The molecule has 0 aromatic heterocycles. The number of anilines is 1. The Morgan fingerprint density at radius 1 is 1.26 bits per heavy atom. The van der Waals surface area contributed by atoms with Crippen molar-refractivity contribution < 1.29 is 18.5 Å². The Balaban J connectivity index is 2.12. The number of quaternary nitrogens is 1. The van der Waals surface area contributed by atoms with E-state index in [2.05, 4.69) is 24.5 Å². The van der Waals surface area contributed by atoms with Crippen LogP contribution >= 0.6 is 11.6 Å². The standard InChI is InChI=1S/C24H27ClFN3O2/c1-14(2)17-7-5-6-8-18(17)24(19-11-15(25)9-10-20(19)28-23(24)31)29(4)13-16(26)12-21(29)22(30)27-3/h5-11,14,16,21H,12-13H2,1-4H3,(H-,27,28,30,31)/p+1/t16-,21+,24?,29?/m1/s1. The molecule has 1 fully saturated rings. The molecule has 0 bridgehead atoms. The number of nitrogens with zero attached hydrogens (tertiary/aromatic N) is 1. The zero-order valence-corrected chi connectivity index (χ0v) is 19.0. The fraction of sp³-hybridized carbons (Fsp3) is 0.417. The molecular weight excluding hydrogens is 417 g/mol. The van der Waals surface area contributed by atoms with Gasteiger partial charge in [0.05, 0.1) is 18.3 Å². The molecular formula is C24H28ClFN3O2+. The Hall–Kier alpha value is -2.44. The number of benzene rings is 2. The predicted octanol–water partition coefficient (Wildman–Crippen LogP) is 3.96. The molecule has 0 spiro atoms. The molecule has 1 saturated heterocycles. The van der Waals surface area contributed by atoms with Crippen molar-refractivity contribution >= 4 is 29.1 Å². The van der Waals surface area contributed by atoms with Crippen molar-refractivity contribution in [1.82, 2.24) is 5.32 Å². The van der Waals surface area contributed by atoms with Crippen molar-refractivity contribution in [3.05, 3.63) is 64.2 Å². The van der Waals surface area contributed by atoms with Crippen molar-refractivity contribution in [2.75, 3.05) is 26.0 Å². The number of alkyl halides is 1. The van der Waals surface area contributed by atoms with Crippen LogP contribution in [0.2, 0.25) is 5.02 Å². The Labute approximate surface area is 187 Å². The maximum atomic E-state index is 15.0. The van der Waals surface area contributed by atoms with Crippen LogP contribution in [-0.2, 0) is 15.1 Å². The van der Waals surface area contributed by atoms with Crippen molar-refractivity contribution in [3.63, 3.8) is 0 Å². The molecule has 2 heterocycles. The number of halogens is 2. The highest BCUT2D eigenvalue weighted by molar-refractivity contribution is 6.31. The lowest BCUT2D eigenvalue weighted by atomic mass is 9.75. The highest BCUT2D eigenvalue weighted by Gasteiger charge is 2.68. The minimum atomic E-state index is -1.31. The number of rotatable bonds is 4. The van der Waals surface area contributed by atoms with Crippen molar-refractivity contribution in [3.8, 4) is 0 Å². The van der Waals surface area contributed by atoms with E-state index in [0.29, 0.717) is 16.3 Å². The van der Waals surface area contributed by atoms with Crippen LogP contribution in [0.15, 0.2) is 42.5 Å². The van der Waals surface area contributed by atoms with Gasteiger partial charge >= 0.3 is 0 Å². The molecule has 2 N–H and O–H groups in total. The maximum absolute atomic E-state index is 15.0. The predicted molar refractivity (Wildman–Crippen MR) is 120 cm³/mol. The second-order valence-electron chi connectivity index (χ2n) is 9.01.